The molecule has 1 N–H and O–H groups in total. The number of carbonyl (C=O) groups excluding carboxylic acids is 1. The standard InChI is InChI=1S/C21H29FN6O/c1-14(2)18-17(22)19(25-13-24-18)28-10-8-27(9-11-28)15-6-7-16(23-12-15)26-20(29)21(3,4)5/h6-7,12-14H,8-11H2,1-5H3,(H,23,26,29). The second-order valence-electron chi connectivity index (χ2n) is 8.63. The van der Waals surface area contributed by atoms with Crippen LogP contribution in [0.5, 0.6) is 0 Å². The number of halogens is 1. The molecule has 1 aliphatic heterocycles. The summed E-state index contributed by atoms with van der Waals surface area (Å²) in [5.41, 5.74) is 0.960. The molecule has 3 heterocycles. The van der Waals surface area contributed by atoms with Gasteiger partial charge in [0.05, 0.1) is 17.6 Å². The van der Waals surface area contributed by atoms with E-state index in [-0.39, 0.29) is 17.6 Å². The predicted molar refractivity (Wildman–Crippen MR) is 113 cm³/mol. The zero-order valence-electron chi connectivity index (χ0n) is 17.7. The number of hydrogen-bond donors (Lipinski definition) is 1. The second-order valence-corrected chi connectivity index (χ2v) is 8.63. The molecule has 7 nitrogen and oxygen atoms in total. The number of pyridine rings is 1. The first-order valence-corrected chi connectivity index (χ1v) is 9.94. The second kappa shape index (κ2) is 8.31. The lowest BCUT2D eigenvalue weighted by Crippen LogP contribution is -2.47. The van der Waals surface area contributed by atoms with E-state index in [1.165, 1.54) is 6.33 Å². The van der Waals surface area contributed by atoms with Crippen LogP contribution in [0.2, 0.25) is 0 Å². The molecular formula is C21H29FN6O. The lowest BCUT2D eigenvalue weighted by Gasteiger charge is -2.36. The SMILES string of the molecule is CC(C)c1ncnc(N2CCN(c3ccc(NC(=O)C(C)(C)C)nc3)CC2)c1F. The first kappa shape index (κ1) is 21.0. The lowest BCUT2D eigenvalue weighted by molar-refractivity contribution is -0.123. The van der Waals surface area contributed by atoms with Crippen molar-refractivity contribution in [2.24, 2.45) is 5.41 Å². The van der Waals surface area contributed by atoms with Crippen LogP contribution in [0, 0.1) is 11.2 Å². The van der Waals surface area contributed by atoms with Crippen LogP contribution >= 0.6 is 0 Å². The fraction of sp³-hybridized carbons (Fsp3) is 0.524. The number of hydrogen-bond acceptors (Lipinski definition) is 6. The van der Waals surface area contributed by atoms with E-state index in [0.29, 0.717) is 30.4 Å². The summed E-state index contributed by atoms with van der Waals surface area (Å²) in [6.45, 7) is 12.2. The van der Waals surface area contributed by atoms with Crippen LogP contribution in [0.25, 0.3) is 0 Å². The zero-order valence-corrected chi connectivity index (χ0v) is 17.7. The summed E-state index contributed by atoms with van der Waals surface area (Å²) in [5.74, 6) is 0.537. The smallest absolute Gasteiger partial charge is 0.230 e. The van der Waals surface area contributed by atoms with Gasteiger partial charge in [-0.05, 0) is 18.1 Å². The Balaban J connectivity index is 1.63. The fourth-order valence-corrected chi connectivity index (χ4v) is 3.12. The Morgan fingerprint density at radius 2 is 1.72 bits per heavy atom. The van der Waals surface area contributed by atoms with Crippen molar-refractivity contribution in [2.75, 3.05) is 41.3 Å². The molecule has 29 heavy (non-hydrogen) atoms. The summed E-state index contributed by atoms with van der Waals surface area (Å²) in [5, 5.41) is 2.83. The van der Waals surface area contributed by atoms with Crippen molar-refractivity contribution in [2.45, 2.75) is 40.5 Å². The molecule has 0 radical (unpaired) electrons. The average Bonchev–Trinajstić information content (AvgIpc) is 2.68. The Morgan fingerprint density at radius 1 is 1.07 bits per heavy atom. The number of amides is 1. The van der Waals surface area contributed by atoms with Crippen molar-refractivity contribution in [3.8, 4) is 0 Å². The van der Waals surface area contributed by atoms with Gasteiger partial charge in [0, 0.05) is 31.6 Å². The Kier molecular flexibility index (Phi) is 6.00. The molecule has 1 fully saturated rings. The number of piperazine rings is 1. The van der Waals surface area contributed by atoms with Crippen molar-refractivity contribution in [3.63, 3.8) is 0 Å². The van der Waals surface area contributed by atoms with Crippen molar-refractivity contribution in [1.29, 1.82) is 0 Å². The molecule has 0 aromatic carbocycles. The highest BCUT2D eigenvalue weighted by molar-refractivity contribution is 5.93. The molecule has 1 aliphatic rings. The van der Waals surface area contributed by atoms with Gasteiger partial charge in [-0.25, -0.2) is 19.3 Å². The summed E-state index contributed by atoms with van der Waals surface area (Å²) in [7, 11) is 0. The fourth-order valence-electron chi connectivity index (χ4n) is 3.12. The molecule has 1 saturated heterocycles. The molecule has 0 unspecified atom stereocenters. The summed E-state index contributed by atoms with van der Waals surface area (Å²) in [6, 6.07) is 3.76. The van der Waals surface area contributed by atoms with Crippen LogP contribution in [-0.2, 0) is 4.79 Å². The highest BCUT2D eigenvalue weighted by atomic mass is 19.1. The molecule has 3 rings (SSSR count). The Hall–Kier alpha value is -2.77. The molecule has 0 atom stereocenters. The van der Waals surface area contributed by atoms with E-state index in [0.717, 1.165) is 18.8 Å². The Morgan fingerprint density at radius 3 is 2.28 bits per heavy atom. The van der Waals surface area contributed by atoms with Crippen molar-refractivity contribution < 1.29 is 9.18 Å². The van der Waals surface area contributed by atoms with E-state index in [1.807, 2.05) is 51.7 Å². The number of anilines is 3. The van der Waals surface area contributed by atoms with Gasteiger partial charge in [-0.3, -0.25) is 4.79 Å². The van der Waals surface area contributed by atoms with E-state index in [9.17, 15) is 9.18 Å². The number of rotatable bonds is 4. The van der Waals surface area contributed by atoms with Crippen LogP contribution in [-0.4, -0.2) is 47.0 Å². The maximum Gasteiger partial charge on any atom is 0.230 e. The van der Waals surface area contributed by atoms with E-state index >= 15 is 0 Å². The maximum absolute atomic E-state index is 14.7. The highest BCUT2D eigenvalue weighted by Crippen LogP contribution is 2.25. The molecular weight excluding hydrogens is 371 g/mol. The molecule has 2 aromatic rings. The van der Waals surface area contributed by atoms with Crippen molar-refractivity contribution >= 4 is 23.2 Å². The molecule has 0 saturated carbocycles. The molecule has 2 aromatic heterocycles. The van der Waals surface area contributed by atoms with Gasteiger partial charge in [-0.15, -0.1) is 0 Å². The minimum Gasteiger partial charge on any atom is -0.367 e. The normalized spacial score (nSPS) is 15.0. The zero-order chi connectivity index (χ0) is 21.2. The van der Waals surface area contributed by atoms with E-state index < -0.39 is 5.41 Å². The van der Waals surface area contributed by atoms with Gasteiger partial charge in [0.15, 0.2) is 11.6 Å². The van der Waals surface area contributed by atoms with Gasteiger partial charge in [-0.2, -0.15) is 0 Å². The lowest BCUT2D eigenvalue weighted by atomic mass is 9.96. The molecule has 0 spiro atoms. The number of carbonyl (C=O) groups is 1. The maximum atomic E-state index is 14.7. The van der Waals surface area contributed by atoms with Crippen LogP contribution in [0.3, 0.4) is 0 Å². The van der Waals surface area contributed by atoms with Gasteiger partial charge in [0.25, 0.3) is 0 Å². The van der Waals surface area contributed by atoms with Crippen LogP contribution in [0.4, 0.5) is 21.7 Å². The summed E-state index contributed by atoms with van der Waals surface area (Å²) in [4.78, 5) is 28.8. The van der Waals surface area contributed by atoms with Gasteiger partial charge < -0.3 is 15.1 Å². The van der Waals surface area contributed by atoms with Gasteiger partial charge in [-0.1, -0.05) is 34.6 Å². The van der Waals surface area contributed by atoms with Crippen LogP contribution in [0.15, 0.2) is 24.7 Å². The van der Waals surface area contributed by atoms with Crippen molar-refractivity contribution in [3.05, 3.63) is 36.2 Å². The van der Waals surface area contributed by atoms with Crippen LogP contribution in [0.1, 0.15) is 46.2 Å². The third kappa shape index (κ3) is 4.81. The van der Waals surface area contributed by atoms with Crippen LogP contribution < -0.4 is 15.1 Å². The minimum absolute atomic E-state index is 0.0152. The molecule has 0 aliphatic carbocycles. The molecule has 156 valence electrons. The molecule has 1 amide bonds. The van der Waals surface area contributed by atoms with E-state index in [4.69, 9.17) is 0 Å². The topological polar surface area (TPSA) is 74.2 Å². The monoisotopic (exact) mass is 400 g/mol. The first-order valence-electron chi connectivity index (χ1n) is 9.94. The van der Waals surface area contributed by atoms with Gasteiger partial charge >= 0.3 is 0 Å². The first-order chi connectivity index (χ1) is 13.7. The predicted octanol–water partition coefficient (Wildman–Crippen LogP) is 3.45. The Labute approximate surface area is 171 Å². The average molecular weight is 401 g/mol. The largest absolute Gasteiger partial charge is 0.367 e. The molecule has 8 heteroatoms. The van der Waals surface area contributed by atoms with Gasteiger partial charge in [0.1, 0.15) is 12.1 Å². The minimum atomic E-state index is -0.470. The van der Waals surface area contributed by atoms with E-state index in [1.54, 1.807) is 6.20 Å². The molecule has 0 bridgehead atoms. The number of nitrogens with one attached hydrogen (secondary N) is 1. The quantitative estimate of drug-likeness (QED) is 0.847. The summed E-state index contributed by atoms with van der Waals surface area (Å²) >= 11 is 0. The third-order valence-electron chi connectivity index (χ3n) is 4.96. The number of nitrogens with zero attached hydrogens (tertiary/aromatic N) is 5. The van der Waals surface area contributed by atoms with Crippen molar-refractivity contribution in [1.82, 2.24) is 15.0 Å². The third-order valence-corrected chi connectivity index (χ3v) is 4.96. The summed E-state index contributed by atoms with van der Waals surface area (Å²) < 4.78 is 14.7. The Bertz CT molecular complexity index is 854. The number of aromatic nitrogens is 3. The van der Waals surface area contributed by atoms with E-state index in [2.05, 4.69) is 25.2 Å². The van der Waals surface area contributed by atoms with Gasteiger partial charge in [0.2, 0.25) is 5.91 Å². The summed E-state index contributed by atoms with van der Waals surface area (Å²) in [6.07, 6.45) is 3.20. The highest BCUT2D eigenvalue weighted by Gasteiger charge is 2.24.